The zero-order valence-electron chi connectivity index (χ0n) is 8.48. The molecule has 0 aromatic carbocycles. The molecule has 1 unspecified atom stereocenters. The average Bonchev–Trinajstić information content (AvgIpc) is 1.80. The van der Waals surface area contributed by atoms with Gasteiger partial charge in [-0.1, -0.05) is 6.92 Å². The zero-order valence-corrected chi connectivity index (χ0v) is 11.3. The van der Waals surface area contributed by atoms with Crippen LogP contribution in [0.1, 0.15) is 14.8 Å². The Bertz CT molecular complexity index is 288. The zero-order chi connectivity index (χ0) is 10.7. The fraction of sp³-hybridized carbons (Fsp3) is 0.667. The molecule has 80 valence electrons. The number of phosphoric acid groups is 2. The van der Waals surface area contributed by atoms with E-state index >= 15 is 0 Å². The van der Waals surface area contributed by atoms with Crippen molar-refractivity contribution in [1.29, 1.82) is 0 Å². The van der Waals surface area contributed by atoms with E-state index in [1.807, 2.05) is 0 Å². The predicted molar refractivity (Wildman–Crippen MR) is 40.4 cm³/mol. The fourth-order valence-electron chi connectivity index (χ4n) is 0.344. The normalized spacial score (nSPS) is 15.1. The Morgan fingerprint density at radius 1 is 1.36 bits per heavy atom. The summed E-state index contributed by atoms with van der Waals surface area (Å²) in [5.41, 5.74) is 0. The van der Waals surface area contributed by atoms with Gasteiger partial charge in [-0.05, 0) is 0 Å². The van der Waals surface area contributed by atoms with E-state index in [1.54, 1.807) is 0 Å². The van der Waals surface area contributed by atoms with Crippen molar-refractivity contribution in [2.75, 3.05) is 0 Å². The maximum Gasteiger partial charge on any atom is 1.00 e. The molecule has 0 spiro atoms. The van der Waals surface area contributed by atoms with E-state index in [0.29, 0.717) is 0 Å². The second-order valence-corrected chi connectivity index (χ2v) is 4.61. The molecule has 0 heterocycles. The number of rotatable bonds is 4. The number of phosphoric ester groups is 1. The third-order valence-corrected chi connectivity index (χ3v) is 2.83. The monoisotopic (exact) mass is 258 g/mol. The van der Waals surface area contributed by atoms with Crippen LogP contribution in [0.5, 0.6) is 0 Å². The Morgan fingerprint density at radius 2 is 1.79 bits per heavy atom. The molecule has 0 aliphatic carbocycles. The molecular formula is C3H9NaO8P2. The van der Waals surface area contributed by atoms with Crippen LogP contribution in [0.2, 0.25) is 0 Å². The molecule has 0 amide bonds. The van der Waals surface area contributed by atoms with Crippen molar-refractivity contribution in [2.24, 2.45) is 0 Å². The Kier molecular flexibility index (Phi) is 7.82. The van der Waals surface area contributed by atoms with Gasteiger partial charge in [0.15, 0.2) is 0 Å². The van der Waals surface area contributed by atoms with Crippen LogP contribution >= 0.6 is 15.6 Å². The molecule has 0 radical (unpaired) electrons. The van der Waals surface area contributed by atoms with Gasteiger partial charge < -0.3 is 15.7 Å². The van der Waals surface area contributed by atoms with Crippen LogP contribution in [0, 0.1) is 0 Å². The third-order valence-electron chi connectivity index (χ3n) is 0.715. The fourth-order valence-corrected chi connectivity index (χ4v) is 1.94. The molecule has 14 heavy (non-hydrogen) atoms. The quantitative estimate of drug-likeness (QED) is 0.366. The Labute approximate surface area is 103 Å². The largest absolute Gasteiger partial charge is 1.00 e. The van der Waals surface area contributed by atoms with Crippen molar-refractivity contribution in [3.63, 3.8) is 0 Å². The van der Waals surface area contributed by atoms with Crippen molar-refractivity contribution in [2.45, 2.75) is 13.3 Å². The smallest absolute Gasteiger partial charge is 1.00 e. The van der Waals surface area contributed by atoms with Gasteiger partial charge in [0.05, 0.1) is 0 Å². The first-order valence-corrected chi connectivity index (χ1v) is 6.01. The number of carbonyl (C=O) groups excluding carboxylic acids is 1. The predicted octanol–water partition coefficient (Wildman–Crippen LogP) is -2.73. The van der Waals surface area contributed by atoms with Crippen molar-refractivity contribution in [1.82, 2.24) is 0 Å². The van der Waals surface area contributed by atoms with Gasteiger partial charge in [-0.15, -0.1) is 0 Å². The first-order chi connectivity index (χ1) is 5.66. The molecule has 11 heteroatoms. The molecule has 1 atom stereocenters. The average molecular weight is 258 g/mol. The standard InChI is InChI=1S/C3H8O8P2.Na.H/c1-2-3(4)10-13(8,9)11-12(5,6)7;;/h2H2,1H3,(H,8,9)(H2,5,6,7);;/q;+1;-1. The molecular weight excluding hydrogens is 249 g/mol. The van der Waals surface area contributed by atoms with Gasteiger partial charge in [-0.25, -0.2) is 9.13 Å². The molecule has 0 fully saturated rings. The van der Waals surface area contributed by atoms with E-state index < -0.39 is 21.6 Å². The summed E-state index contributed by atoms with van der Waals surface area (Å²) in [5.74, 6) is -1.10. The molecule has 0 aliphatic rings. The summed E-state index contributed by atoms with van der Waals surface area (Å²) < 4.78 is 27.7. The summed E-state index contributed by atoms with van der Waals surface area (Å²) >= 11 is 0. The van der Waals surface area contributed by atoms with E-state index in [4.69, 9.17) is 14.7 Å². The summed E-state index contributed by atoms with van der Waals surface area (Å²) in [5, 5.41) is 0. The number of hydrogen-bond donors (Lipinski definition) is 3. The van der Waals surface area contributed by atoms with E-state index in [1.165, 1.54) is 6.92 Å². The van der Waals surface area contributed by atoms with Crippen molar-refractivity contribution < 1.29 is 68.4 Å². The Balaban J connectivity index is -0.000000720. The van der Waals surface area contributed by atoms with Gasteiger partial charge in [0.1, 0.15) is 0 Å². The second kappa shape index (κ2) is 6.37. The van der Waals surface area contributed by atoms with E-state index in [-0.39, 0.29) is 37.4 Å². The molecule has 0 aliphatic heterocycles. The van der Waals surface area contributed by atoms with E-state index in [0.717, 1.165) is 0 Å². The first kappa shape index (κ1) is 17.2. The molecule has 0 aromatic rings. The van der Waals surface area contributed by atoms with Gasteiger partial charge in [0.25, 0.3) is 0 Å². The topological polar surface area (TPSA) is 130 Å². The minimum Gasteiger partial charge on any atom is -1.00 e. The third kappa shape index (κ3) is 9.33. The Morgan fingerprint density at radius 3 is 2.07 bits per heavy atom. The summed E-state index contributed by atoms with van der Waals surface area (Å²) in [6.07, 6.45) is -0.213. The van der Waals surface area contributed by atoms with Crippen LogP contribution in [0.15, 0.2) is 0 Å². The molecule has 0 saturated carbocycles. The molecule has 0 rings (SSSR count). The van der Waals surface area contributed by atoms with Crippen LogP contribution < -0.4 is 29.6 Å². The molecule has 0 bridgehead atoms. The van der Waals surface area contributed by atoms with E-state index in [9.17, 15) is 13.9 Å². The van der Waals surface area contributed by atoms with Crippen LogP contribution in [-0.2, 0) is 22.8 Å². The summed E-state index contributed by atoms with van der Waals surface area (Å²) in [6, 6.07) is 0. The molecule has 0 saturated heterocycles. The Hall–Kier alpha value is 0.770. The minimum absolute atomic E-state index is 0. The van der Waals surface area contributed by atoms with Crippen molar-refractivity contribution in [3.8, 4) is 0 Å². The molecule has 8 nitrogen and oxygen atoms in total. The second-order valence-electron chi connectivity index (χ2n) is 1.86. The minimum atomic E-state index is -5.14. The number of hydrogen-bond acceptors (Lipinski definition) is 5. The number of carbonyl (C=O) groups is 1. The first-order valence-electron chi connectivity index (χ1n) is 2.98. The summed E-state index contributed by atoms with van der Waals surface area (Å²) in [6.45, 7) is 1.33. The van der Waals surface area contributed by atoms with Crippen LogP contribution in [0.3, 0.4) is 0 Å². The molecule has 0 aromatic heterocycles. The van der Waals surface area contributed by atoms with Crippen LogP contribution in [0.25, 0.3) is 0 Å². The van der Waals surface area contributed by atoms with Gasteiger partial charge in [0.2, 0.25) is 0 Å². The SMILES string of the molecule is CCC(=O)OP(=O)(O)OP(=O)(O)O.[H-].[Na+]. The van der Waals surface area contributed by atoms with Crippen molar-refractivity contribution >= 4 is 21.6 Å². The van der Waals surface area contributed by atoms with E-state index in [2.05, 4.69) is 8.83 Å². The van der Waals surface area contributed by atoms with Crippen molar-refractivity contribution in [3.05, 3.63) is 0 Å². The van der Waals surface area contributed by atoms with Crippen LogP contribution in [0.4, 0.5) is 0 Å². The van der Waals surface area contributed by atoms with Crippen LogP contribution in [-0.4, -0.2) is 20.6 Å². The maximum atomic E-state index is 10.6. The summed E-state index contributed by atoms with van der Waals surface area (Å²) in [7, 11) is -10.1. The molecule has 3 N–H and O–H groups in total. The maximum absolute atomic E-state index is 10.6. The van der Waals surface area contributed by atoms with Gasteiger partial charge in [0, 0.05) is 6.42 Å². The summed E-state index contributed by atoms with van der Waals surface area (Å²) in [4.78, 5) is 35.2. The van der Waals surface area contributed by atoms with Gasteiger partial charge in [-0.3, -0.25) is 9.69 Å². The van der Waals surface area contributed by atoms with Gasteiger partial charge in [-0.2, -0.15) is 4.31 Å². The van der Waals surface area contributed by atoms with Gasteiger partial charge >= 0.3 is 51.2 Å².